The molecule has 0 amide bonds. The van der Waals surface area contributed by atoms with Gasteiger partial charge in [-0.3, -0.25) is 5.10 Å². The molecule has 0 unspecified atom stereocenters. The second-order valence-electron chi connectivity index (χ2n) is 5.27. The predicted molar refractivity (Wildman–Crippen MR) is 80.0 cm³/mol. The monoisotopic (exact) mass is 372 g/mol. The van der Waals surface area contributed by atoms with Crippen molar-refractivity contribution in [2.75, 3.05) is 0 Å². The van der Waals surface area contributed by atoms with Crippen LogP contribution in [0.2, 0.25) is 0 Å². The Morgan fingerprint density at radius 1 is 1.27 bits per heavy atom. The van der Waals surface area contributed by atoms with Crippen LogP contribution >= 0.6 is 15.9 Å². The molecule has 22 heavy (non-hydrogen) atoms. The molecule has 0 saturated carbocycles. The molecule has 4 nitrogen and oxygen atoms in total. The Kier molecular flexibility index (Phi) is 3.51. The van der Waals surface area contributed by atoms with Gasteiger partial charge in [-0.1, -0.05) is 13.8 Å². The number of imidazole rings is 1. The smallest absolute Gasteiger partial charge is 0.303 e. The Balaban J connectivity index is 2.22. The summed E-state index contributed by atoms with van der Waals surface area (Å²) in [5, 5.41) is 7.58. The van der Waals surface area contributed by atoms with Gasteiger partial charge in [0.2, 0.25) is 0 Å². The molecule has 2 aromatic heterocycles. The van der Waals surface area contributed by atoms with Gasteiger partial charge in [-0.05, 0) is 28.1 Å². The van der Waals surface area contributed by atoms with Crippen LogP contribution in [0.5, 0.6) is 0 Å². The Morgan fingerprint density at radius 3 is 2.64 bits per heavy atom. The third kappa shape index (κ3) is 2.51. The zero-order chi connectivity index (χ0) is 16.1. The summed E-state index contributed by atoms with van der Waals surface area (Å²) in [5.74, 6) is 0.219. The van der Waals surface area contributed by atoms with Gasteiger partial charge >= 0.3 is 6.18 Å². The molecule has 2 heterocycles. The second-order valence-corrected chi connectivity index (χ2v) is 6.12. The zero-order valence-corrected chi connectivity index (χ0v) is 13.3. The summed E-state index contributed by atoms with van der Waals surface area (Å²) < 4.78 is 41.0. The summed E-state index contributed by atoms with van der Waals surface area (Å²) >= 11 is 3.40. The van der Waals surface area contributed by atoms with Gasteiger partial charge in [0.05, 0.1) is 11.7 Å². The number of fused-ring (bicyclic) bond motifs is 1. The lowest BCUT2D eigenvalue weighted by Gasteiger charge is -2.11. The Bertz CT molecular complexity index is 832. The van der Waals surface area contributed by atoms with Gasteiger partial charge in [0.1, 0.15) is 5.82 Å². The van der Waals surface area contributed by atoms with Crippen LogP contribution < -0.4 is 0 Å². The molecular weight excluding hydrogens is 361 g/mol. The normalized spacial score (nSPS) is 12.5. The first-order valence-corrected chi connectivity index (χ1v) is 7.36. The molecule has 116 valence electrons. The summed E-state index contributed by atoms with van der Waals surface area (Å²) in [6.45, 7) is 3.62. The Morgan fingerprint density at radius 2 is 2.00 bits per heavy atom. The van der Waals surface area contributed by atoms with Crippen LogP contribution in [-0.2, 0) is 6.18 Å². The van der Waals surface area contributed by atoms with Crippen LogP contribution in [0, 0.1) is 0 Å². The van der Waals surface area contributed by atoms with Gasteiger partial charge < -0.3 is 4.57 Å². The fourth-order valence-electron chi connectivity index (χ4n) is 2.28. The maximum atomic E-state index is 12.9. The van der Waals surface area contributed by atoms with E-state index in [1.165, 1.54) is 4.57 Å². The molecule has 0 radical (unpaired) electrons. The molecule has 0 aliphatic heterocycles. The average Bonchev–Trinajstić information content (AvgIpc) is 3.04. The van der Waals surface area contributed by atoms with Crippen LogP contribution in [0.3, 0.4) is 0 Å². The maximum Gasteiger partial charge on any atom is 0.434 e. The minimum absolute atomic E-state index is 0.144. The number of alkyl halides is 3. The van der Waals surface area contributed by atoms with E-state index in [1.807, 2.05) is 13.8 Å². The van der Waals surface area contributed by atoms with Crippen molar-refractivity contribution in [2.24, 2.45) is 0 Å². The summed E-state index contributed by atoms with van der Waals surface area (Å²) in [6.07, 6.45) is -1.81. The van der Waals surface area contributed by atoms with Crippen molar-refractivity contribution < 1.29 is 13.2 Å². The molecule has 3 aromatic rings. The van der Waals surface area contributed by atoms with Crippen LogP contribution in [0.4, 0.5) is 13.2 Å². The number of nitrogens with one attached hydrogen (secondary N) is 1. The van der Waals surface area contributed by atoms with E-state index in [2.05, 4.69) is 31.1 Å². The number of hydrogen-bond donors (Lipinski definition) is 1. The highest BCUT2D eigenvalue weighted by Gasteiger charge is 2.35. The van der Waals surface area contributed by atoms with Crippen LogP contribution in [0.1, 0.15) is 31.3 Å². The van der Waals surface area contributed by atoms with Crippen LogP contribution in [-0.4, -0.2) is 19.7 Å². The summed E-state index contributed by atoms with van der Waals surface area (Å²) in [4.78, 5) is 3.75. The van der Waals surface area contributed by atoms with Gasteiger partial charge in [0.15, 0.2) is 5.69 Å². The Hall–Kier alpha value is -1.83. The SMILES string of the molecule is CC(C)c1nc(C(F)(F)F)cn1-c1cc(Br)c2[nH]ncc2c1. The third-order valence-corrected chi connectivity index (χ3v) is 3.93. The summed E-state index contributed by atoms with van der Waals surface area (Å²) in [7, 11) is 0. The first-order valence-electron chi connectivity index (χ1n) is 6.57. The lowest BCUT2D eigenvalue weighted by atomic mass is 10.2. The van der Waals surface area contributed by atoms with E-state index >= 15 is 0 Å². The standard InChI is InChI=1S/C14H12BrF3N4/c1-7(2)13-20-11(14(16,17)18)6-22(13)9-3-8-5-19-21-12(8)10(15)4-9/h3-7H,1-2H3,(H,19,21). The molecule has 0 saturated heterocycles. The van der Waals surface area contributed by atoms with Gasteiger partial charge in [0.25, 0.3) is 0 Å². The van der Waals surface area contributed by atoms with Crippen molar-refractivity contribution in [1.82, 2.24) is 19.7 Å². The molecule has 8 heteroatoms. The van der Waals surface area contributed by atoms with E-state index < -0.39 is 11.9 Å². The van der Waals surface area contributed by atoms with Crippen molar-refractivity contribution >= 4 is 26.8 Å². The number of rotatable bonds is 2. The molecule has 1 N–H and O–H groups in total. The molecular formula is C14H12BrF3N4. The lowest BCUT2D eigenvalue weighted by Crippen LogP contribution is -2.05. The minimum Gasteiger partial charge on any atom is -0.303 e. The lowest BCUT2D eigenvalue weighted by molar-refractivity contribution is -0.141. The molecule has 0 fully saturated rings. The van der Waals surface area contributed by atoms with E-state index in [1.54, 1.807) is 18.3 Å². The van der Waals surface area contributed by atoms with E-state index in [0.29, 0.717) is 11.5 Å². The summed E-state index contributed by atoms with van der Waals surface area (Å²) in [6, 6.07) is 3.52. The molecule has 0 aliphatic carbocycles. The van der Waals surface area contributed by atoms with Crippen molar-refractivity contribution in [3.63, 3.8) is 0 Å². The highest BCUT2D eigenvalue weighted by Crippen LogP contribution is 2.33. The van der Waals surface area contributed by atoms with Gasteiger partial charge in [-0.25, -0.2) is 4.98 Å². The number of benzene rings is 1. The van der Waals surface area contributed by atoms with E-state index in [9.17, 15) is 13.2 Å². The number of halogens is 4. The largest absolute Gasteiger partial charge is 0.434 e. The number of nitrogens with zero attached hydrogens (tertiary/aromatic N) is 3. The highest BCUT2D eigenvalue weighted by atomic mass is 79.9. The average molecular weight is 373 g/mol. The number of aromatic nitrogens is 4. The van der Waals surface area contributed by atoms with Crippen LogP contribution in [0.25, 0.3) is 16.6 Å². The van der Waals surface area contributed by atoms with Crippen molar-refractivity contribution in [3.05, 3.63) is 40.5 Å². The van der Waals surface area contributed by atoms with Crippen molar-refractivity contribution in [1.29, 1.82) is 0 Å². The second kappa shape index (κ2) is 5.12. The van der Waals surface area contributed by atoms with Crippen LogP contribution in [0.15, 0.2) is 29.0 Å². The fraction of sp³-hybridized carbons (Fsp3) is 0.286. The van der Waals surface area contributed by atoms with Crippen molar-refractivity contribution in [3.8, 4) is 5.69 Å². The minimum atomic E-state index is -4.47. The molecule has 0 atom stereocenters. The van der Waals surface area contributed by atoms with Gasteiger partial charge in [-0.15, -0.1) is 0 Å². The molecule has 1 aromatic carbocycles. The van der Waals surface area contributed by atoms with Gasteiger partial charge in [-0.2, -0.15) is 18.3 Å². The quantitative estimate of drug-likeness (QED) is 0.711. The van der Waals surface area contributed by atoms with E-state index in [-0.39, 0.29) is 5.92 Å². The number of aromatic amines is 1. The third-order valence-electron chi connectivity index (χ3n) is 3.30. The zero-order valence-electron chi connectivity index (χ0n) is 11.7. The molecule has 3 rings (SSSR count). The number of H-pyrrole nitrogens is 1. The molecule has 0 bridgehead atoms. The van der Waals surface area contributed by atoms with E-state index in [0.717, 1.165) is 21.6 Å². The molecule has 0 spiro atoms. The number of hydrogen-bond acceptors (Lipinski definition) is 2. The topological polar surface area (TPSA) is 46.5 Å². The Labute approximate surface area is 132 Å². The van der Waals surface area contributed by atoms with Gasteiger partial charge in [0, 0.05) is 27.7 Å². The maximum absolute atomic E-state index is 12.9. The predicted octanol–water partition coefficient (Wildman–Crippen LogP) is 4.65. The first kappa shape index (κ1) is 15.1. The van der Waals surface area contributed by atoms with E-state index in [4.69, 9.17) is 0 Å². The first-order chi connectivity index (χ1) is 10.3. The highest BCUT2D eigenvalue weighted by molar-refractivity contribution is 9.10. The summed E-state index contributed by atoms with van der Waals surface area (Å²) in [5.41, 5.74) is 0.512. The molecule has 0 aliphatic rings. The fourth-order valence-corrected chi connectivity index (χ4v) is 2.84. The van der Waals surface area contributed by atoms with Crippen molar-refractivity contribution in [2.45, 2.75) is 25.9 Å².